The molecule has 2 rings (SSSR count). The Morgan fingerprint density at radius 2 is 2.29 bits per heavy atom. The van der Waals surface area contributed by atoms with Gasteiger partial charge in [0.25, 0.3) is 0 Å². The highest BCUT2D eigenvalue weighted by molar-refractivity contribution is 9.10. The number of benzene rings is 1. The highest BCUT2D eigenvalue weighted by Gasteiger charge is 2.04. The van der Waals surface area contributed by atoms with Crippen LogP contribution >= 0.6 is 15.9 Å². The van der Waals surface area contributed by atoms with Crippen molar-refractivity contribution in [3.8, 4) is 5.69 Å². The molecule has 1 aromatic heterocycles. The molecule has 0 amide bonds. The van der Waals surface area contributed by atoms with Gasteiger partial charge >= 0.3 is 0 Å². The van der Waals surface area contributed by atoms with Gasteiger partial charge in [-0.05, 0) is 46.5 Å². The second-order valence-electron chi connectivity index (χ2n) is 4.15. The first-order valence-corrected chi connectivity index (χ1v) is 6.53. The van der Waals surface area contributed by atoms with Gasteiger partial charge in [0.05, 0.1) is 16.4 Å². The van der Waals surface area contributed by atoms with Crippen LogP contribution in [-0.4, -0.2) is 15.8 Å². The van der Waals surface area contributed by atoms with E-state index < -0.39 is 0 Å². The minimum atomic E-state index is 0.231. The van der Waals surface area contributed by atoms with Gasteiger partial charge in [-0.2, -0.15) is 5.10 Å². The minimum absolute atomic E-state index is 0.231. The topological polar surface area (TPSA) is 43.8 Å². The third-order valence-corrected chi connectivity index (χ3v) is 3.16. The molecule has 0 spiro atoms. The summed E-state index contributed by atoms with van der Waals surface area (Å²) in [7, 11) is 0. The van der Waals surface area contributed by atoms with Crippen LogP contribution in [0.5, 0.6) is 0 Å². The predicted molar refractivity (Wildman–Crippen MR) is 73.2 cm³/mol. The van der Waals surface area contributed by atoms with Crippen molar-refractivity contribution in [1.29, 1.82) is 0 Å². The van der Waals surface area contributed by atoms with Crippen LogP contribution in [0.15, 0.2) is 41.1 Å². The number of hydrogen-bond acceptors (Lipinski definition) is 2. The summed E-state index contributed by atoms with van der Waals surface area (Å²) in [5, 5.41) is 4.26. The van der Waals surface area contributed by atoms with Crippen molar-refractivity contribution in [1.82, 2.24) is 9.78 Å². The highest BCUT2D eigenvalue weighted by Crippen LogP contribution is 2.15. The lowest BCUT2D eigenvalue weighted by Crippen LogP contribution is -2.21. The molecule has 1 aromatic carbocycles. The molecule has 4 heteroatoms. The standard InChI is InChI=1S/C13H16BrN3/c1-2-12(15)6-10-4-3-5-13(7-10)17-9-11(14)8-16-17/h3-5,7-9,12H,2,6,15H2,1H3. The molecule has 0 fully saturated rings. The SMILES string of the molecule is CCC(N)Cc1cccc(-n2cc(Br)cn2)c1. The predicted octanol–water partition coefficient (Wildman–Crippen LogP) is 2.91. The van der Waals surface area contributed by atoms with Crippen LogP contribution in [0, 0.1) is 0 Å². The van der Waals surface area contributed by atoms with E-state index in [1.54, 1.807) is 6.20 Å². The van der Waals surface area contributed by atoms with Crippen molar-refractivity contribution in [2.24, 2.45) is 5.73 Å². The van der Waals surface area contributed by atoms with Gasteiger partial charge in [0.1, 0.15) is 0 Å². The number of rotatable bonds is 4. The molecule has 0 aliphatic heterocycles. The summed E-state index contributed by atoms with van der Waals surface area (Å²) in [6, 6.07) is 8.56. The van der Waals surface area contributed by atoms with E-state index in [0.29, 0.717) is 0 Å². The fourth-order valence-electron chi connectivity index (χ4n) is 1.72. The molecule has 0 aliphatic rings. The number of hydrogen-bond donors (Lipinski definition) is 1. The normalized spacial score (nSPS) is 12.6. The summed E-state index contributed by atoms with van der Waals surface area (Å²) >= 11 is 3.40. The van der Waals surface area contributed by atoms with Crippen LogP contribution in [0.2, 0.25) is 0 Å². The summed E-state index contributed by atoms with van der Waals surface area (Å²) in [5.74, 6) is 0. The summed E-state index contributed by atoms with van der Waals surface area (Å²) in [4.78, 5) is 0. The monoisotopic (exact) mass is 293 g/mol. The molecule has 1 heterocycles. The van der Waals surface area contributed by atoms with Crippen molar-refractivity contribution in [2.45, 2.75) is 25.8 Å². The average molecular weight is 294 g/mol. The third kappa shape index (κ3) is 3.17. The van der Waals surface area contributed by atoms with Crippen LogP contribution in [0.4, 0.5) is 0 Å². The van der Waals surface area contributed by atoms with Crippen LogP contribution in [0.25, 0.3) is 5.69 Å². The molecule has 17 heavy (non-hydrogen) atoms. The van der Waals surface area contributed by atoms with E-state index in [0.717, 1.165) is 23.0 Å². The molecule has 90 valence electrons. The molecule has 2 aromatic rings. The van der Waals surface area contributed by atoms with Crippen molar-refractivity contribution in [3.05, 3.63) is 46.7 Å². The Hall–Kier alpha value is -1.13. The maximum absolute atomic E-state index is 5.97. The van der Waals surface area contributed by atoms with Gasteiger partial charge in [0.15, 0.2) is 0 Å². The van der Waals surface area contributed by atoms with Crippen LogP contribution in [0.1, 0.15) is 18.9 Å². The van der Waals surface area contributed by atoms with Crippen molar-refractivity contribution in [2.75, 3.05) is 0 Å². The fourth-order valence-corrected chi connectivity index (χ4v) is 2.00. The van der Waals surface area contributed by atoms with Gasteiger partial charge in [-0.25, -0.2) is 4.68 Å². The second-order valence-corrected chi connectivity index (χ2v) is 5.06. The van der Waals surface area contributed by atoms with E-state index in [-0.39, 0.29) is 6.04 Å². The summed E-state index contributed by atoms with van der Waals surface area (Å²) in [5.41, 5.74) is 8.29. The first-order valence-electron chi connectivity index (χ1n) is 5.74. The van der Waals surface area contributed by atoms with Crippen LogP contribution in [0.3, 0.4) is 0 Å². The fraction of sp³-hybridized carbons (Fsp3) is 0.308. The molecule has 1 atom stereocenters. The zero-order valence-electron chi connectivity index (χ0n) is 9.81. The molecular weight excluding hydrogens is 278 g/mol. The maximum atomic E-state index is 5.97. The van der Waals surface area contributed by atoms with E-state index in [1.165, 1.54) is 5.56 Å². The van der Waals surface area contributed by atoms with Gasteiger partial charge in [-0.15, -0.1) is 0 Å². The Morgan fingerprint density at radius 3 is 2.94 bits per heavy atom. The summed E-state index contributed by atoms with van der Waals surface area (Å²) in [6.45, 7) is 2.11. The first kappa shape index (κ1) is 12.3. The lowest BCUT2D eigenvalue weighted by Gasteiger charge is -2.10. The largest absolute Gasteiger partial charge is 0.327 e. The summed E-state index contributed by atoms with van der Waals surface area (Å²) < 4.78 is 2.83. The quantitative estimate of drug-likeness (QED) is 0.942. The minimum Gasteiger partial charge on any atom is -0.327 e. The zero-order chi connectivity index (χ0) is 12.3. The van der Waals surface area contributed by atoms with Gasteiger partial charge in [0, 0.05) is 12.2 Å². The van der Waals surface area contributed by atoms with Gasteiger partial charge in [-0.3, -0.25) is 0 Å². The van der Waals surface area contributed by atoms with Gasteiger partial charge < -0.3 is 5.73 Å². The Morgan fingerprint density at radius 1 is 1.47 bits per heavy atom. The molecule has 0 saturated heterocycles. The number of nitrogens with zero attached hydrogens (tertiary/aromatic N) is 2. The Labute approximate surface area is 110 Å². The smallest absolute Gasteiger partial charge is 0.0648 e. The van der Waals surface area contributed by atoms with Gasteiger partial charge in [-0.1, -0.05) is 19.1 Å². The molecule has 1 unspecified atom stereocenters. The zero-order valence-corrected chi connectivity index (χ0v) is 11.4. The van der Waals surface area contributed by atoms with E-state index in [1.807, 2.05) is 23.0 Å². The Balaban J connectivity index is 2.22. The lowest BCUT2D eigenvalue weighted by molar-refractivity contribution is 0.646. The first-order chi connectivity index (χ1) is 8.19. The molecule has 0 bridgehead atoms. The second kappa shape index (κ2) is 5.47. The van der Waals surface area contributed by atoms with Crippen molar-refractivity contribution < 1.29 is 0 Å². The van der Waals surface area contributed by atoms with E-state index >= 15 is 0 Å². The van der Waals surface area contributed by atoms with Crippen LogP contribution < -0.4 is 5.73 Å². The molecule has 3 nitrogen and oxygen atoms in total. The molecular formula is C13H16BrN3. The van der Waals surface area contributed by atoms with E-state index in [2.05, 4.69) is 40.1 Å². The average Bonchev–Trinajstić information content (AvgIpc) is 2.76. The number of aromatic nitrogens is 2. The molecule has 0 saturated carbocycles. The molecule has 0 radical (unpaired) electrons. The molecule has 2 N–H and O–H groups in total. The van der Waals surface area contributed by atoms with Gasteiger partial charge in [0.2, 0.25) is 0 Å². The Kier molecular flexibility index (Phi) is 3.97. The third-order valence-electron chi connectivity index (χ3n) is 2.75. The van der Waals surface area contributed by atoms with Crippen molar-refractivity contribution >= 4 is 15.9 Å². The maximum Gasteiger partial charge on any atom is 0.0648 e. The lowest BCUT2D eigenvalue weighted by atomic mass is 10.0. The molecule has 0 aliphatic carbocycles. The number of halogens is 1. The summed E-state index contributed by atoms with van der Waals surface area (Å²) in [6.07, 6.45) is 5.63. The van der Waals surface area contributed by atoms with E-state index in [9.17, 15) is 0 Å². The van der Waals surface area contributed by atoms with E-state index in [4.69, 9.17) is 5.73 Å². The highest BCUT2D eigenvalue weighted by atomic mass is 79.9. The van der Waals surface area contributed by atoms with Crippen molar-refractivity contribution in [3.63, 3.8) is 0 Å². The number of nitrogens with two attached hydrogens (primary N) is 1. The Bertz CT molecular complexity index is 493. The van der Waals surface area contributed by atoms with Crippen LogP contribution in [-0.2, 0) is 6.42 Å².